The average Bonchev–Trinajstić information content (AvgIpc) is 2.05. The molecule has 0 aromatic heterocycles. The van der Waals surface area contributed by atoms with E-state index in [2.05, 4.69) is 61.0 Å². The van der Waals surface area contributed by atoms with E-state index in [-0.39, 0.29) is 0 Å². The molecule has 0 aliphatic rings. The first-order valence-electron chi connectivity index (χ1n) is 4.82. The molecule has 0 atom stereocenters. The molecule has 0 aliphatic heterocycles. The van der Waals surface area contributed by atoms with Crippen LogP contribution in [0.5, 0.6) is 0 Å². The van der Waals surface area contributed by atoms with Gasteiger partial charge in [0.15, 0.2) is 0 Å². The third-order valence-corrected chi connectivity index (χ3v) is 3.03. The van der Waals surface area contributed by atoms with Gasteiger partial charge in [0.2, 0.25) is 0 Å². The largest absolute Gasteiger partial charge is 0.0654 e. The van der Waals surface area contributed by atoms with Crippen LogP contribution in [0, 0.1) is 0 Å². The maximum absolute atomic E-state index is 3.45. The van der Waals surface area contributed by atoms with Crippen molar-refractivity contribution < 1.29 is 0 Å². The summed E-state index contributed by atoms with van der Waals surface area (Å²) in [6.45, 7) is 6.85. The summed E-state index contributed by atoms with van der Waals surface area (Å²) in [6.07, 6.45) is 2.48. The molecule has 0 heterocycles. The number of hydrogen-bond donors (Lipinski definition) is 0. The third-order valence-electron chi connectivity index (χ3n) is 2.50. The zero-order valence-electron chi connectivity index (χ0n) is 8.60. The minimum atomic E-state index is 0.315. The van der Waals surface area contributed by atoms with Crippen molar-refractivity contribution in [1.82, 2.24) is 0 Å². The van der Waals surface area contributed by atoms with Crippen molar-refractivity contribution in [2.24, 2.45) is 0 Å². The predicted molar refractivity (Wildman–Crippen MR) is 62.1 cm³/mol. The van der Waals surface area contributed by atoms with Crippen LogP contribution in [0.25, 0.3) is 0 Å². The third kappa shape index (κ3) is 2.84. The number of rotatable bonds is 3. The van der Waals surface area contributed by atoms with Gasteiger partial charge in [0, 0.05) is 4.47 Å². The molecule has 1 aromatic carbocycles. The van der Waals surface area contributed by atoms with Gasteiger partial charge in [-0.05, 0) is 29.5 Å². The highest BCUT2D eigenvalue weighted by Gasteiger charge is 2.18. The normalized spacial score (nSPS) is 11.7. The van der Waals surface area contributed by atoms with Crippen molar-refractivity contribution in [2.45, 2.75) is 39.0 Å². The molecule has 0 saturated heterocycles. The van der Waals surface area contributed by atoms with E-state index in [0.29, 0.717) is 5.41 Å². The highest BCUT2D eigenvalue weighted by atomic mass is 79.9. The quantitative estimate of drug-likeness (QED) is 0.729. The Balaban J connectivity index is 2.87. The van der Waals surface area contributed by atoms with Crippen LogP contribution in [0.4, 0.5) is 0 Å². The lowest BCUT2D eigenvalue weighted by atomic mass is 9.81. The summed E-state index contributed by atoms with van der Waals surface area (Å²) in [7, 11) is 0. The summed E-state index contributed by atoms with van der Waals surface area (Å²) < 4.78 is 1.16. The molecular formula is C12H17Br. The van der Waals surface area contributed by atoms with Crippen LogP contribution in [0.3, 0.4) is 0 Å². The highest BCUT2D eigenvalue weighted by molar-refractivity contribution is 9.10. The van der Waals surface area contributed by atoms with Crippen molar-refractivity contribution in [3.05, 3.63) is 34.3 Å². The van der Waals surface area contributed by atoms with E-state index in [1.54, 1.807) is 0 Å². The van der Waals surface area contributed by atoms with E-state index in [1.165, 1.54) is 18.4 Å². The molecule has 0 radical (unpaired) electrons. The first-order valence-corrected chi connectivity index (χ1v) is 5.61. The minimum absolute atomic E-state index is 0.315. The fraction of sp³-hybridized carbons (Fsp3) is 0.500. The summed E-state index contributed by atoms with van der Waals surface area (Å²) in [6, 6.07) is 8.65. The summed E-state index contributed by atoms with van der Waals surface area (Å²) in [5.74, 6) is 0. The van der Waals surface area contributed by atoms with Crippen molar-refractivity contribution in [3.63, 3.8) is 0 Å². The summed E-state index contributed by atoms with van der Waals surface area (Å²) >= 11 is 3.45. The molecular weight excluding hydrogens is 224 g/mol. The van der Waals surface area contributed by atoms with Crippen molar-refractivity contribution >= 4 is 15.9 Å². The molecule has 0 saturated carbocycles. The molecule has 1 heteroatoms. The summed E-state index contributed by atoms with van der Waals surface area (Å²) in [4.78, 5) is 0. The summed E-state index contributed by atoms with van der Waals surface area (Å²) in [5, 5.41) is 0. The van der Waals surface area contributed by atoms with E-state index in [4.69, 9.17) is 0 Å². The molecule has 0 bridgehead atoms. The average molecular weight is 241 g/mol. The van der Waals surface area contributed by atoms with Crippen LogP contribution in [0.1, 0.15) is 39.2 Å². The minimum Gasteiger partial charge on any atom is -0.0654 e. The van der Waals surface area contributed by atoms with Crippen molar-refractivity contribution in [3.8, 4) is 0 Å². The van der Waals surface area contributed by atoms with Gasteiger partial charge in [-0.1, -0.05) is 55.3 Å². The van der Waals surface area contributed by atoms with Crippen LogP contribution >= 0.6 is 15.9 Å². The first kappa shape index (κ1) is 10.8. The molecule has 0 nitrogen and oxygen atoms in total. The maximum Gasteiger partial charge on any atom is 0.0175 e. The fourth-order valence-corrected chi connectivity index (χ4v) is 1.93. The van der Waals surface area contributed by atoms with Crippen LogP contribution in [-0.4, -0.2) is 0 Å². The maximum atomic E-state index is 3.45. The van der Waals surface area contributed by atoms with Gasteiger partial charge in [-0.15, -0.1) is 0 Å². The molecule has 0 spiro atoms. The monoisotopic (exact) mass is 240 g/mol. The van der Waals surface area contributed by atoms with Crippen LogP contribution in [0.2, 0.25) is 0 Å². The van der Waals surface area contributed by atoms with Crippen LogP contribution in [-0.2, 0) is 5.41 Å². The molecule has 0 unspecified atom stereocenters. The van der Waals surface area contributed by atoms with E-state index in [0.717, 1.165) is 4.47 Å². The number of benzene rings is 1. The lowest BCUT2D eigenvalue weighted by Gasteiger charge is -2.24. The van der Waals surface area contributed by atoms with Crippen LogP contribution in [0.15, 0.2) is 28.7 Å². The molecule has 1 aromatic rings. The molecule has 13 heavy (non-hydrogen) atoms. The SMILES string of the molecule is CCCC(C)(C)c1ccc(Br)cc1. The fourth-order valence-electron chi connectivity index (χ4n) is 1.67. The zero-order chi connectivity index (χ0) is 9.90. The predicted octanol–water partition coefficient (Wildman–Crippen LogP) is 4.53. The molecule has 0 aliphatic carbocycles. The number of hydrogen-bond acceptors (Lipinski definition) is 0. The second-order valence-corrected chi connectivity index (χ2v) is 5.06. The topological polar surface area (TPSA) is 0 Å². The van der Waals surface area contributed by atoms with E-state index < -0.39 is 0 Å². The van der Waals surface area contributed by atoms with Gasteiger partial charge in [-0.2, -0.15) is 0 Å². The van der Waals surface area contributed by atoms with Crippen molar-refractivity contribution in [1.29, 1.82) is 0 Å². The Kier molecular flexibility index (Phi) is 3.55. The highest BCUT2D eigenvalue weighted by Crippen LogP contribution is 2.28. The molecule has 0 amide bonds. The Hall–Kier alpha value is -0.300. The second kappa shape index (κ2) is 4.28. The van der Waals surface area contributed by atoms with E-state index >= 15 is 0 Å². The Labute approximate surface area is 89.5 Å². The Morgan fingerprint density at radius 1 is 1.15 bits per heavy atom. The number of halogens is 1. The van der Waals surface area contributed by atoms with Crippen molar-refractivity contribution in [2.75, 3.05) is 0 Å². The van der Waals surface area contributed by atoms with Gasteiger partial charge in [0.25, 0.3) is 0 Å². The van der Waals surface area contributed by atoms with Gasteiger partial charge in [-0.3, -0.25) is 0 Å². The second-order valence-electron chi connectivity index (χ2n) is 4.14. The lowest BCUT2D eigenvalue weighted by molar-refractivity contribution is 0.473. The Morgan fingerprint density at radius 2 is 1.69 bits per heavy atom. The summed E-state index contributed by atoms with van der Waals surface area (Å²) in [5.41, 5.74) is 1.74. The molecule has 0 fully saturated rings. The smallest absolute Gasteiger partial charge is 0.0175 e. The lowest BCUT2D eigenvalue weighted by Crippen LogP contribution is -2.16. The molecule has 0 N–H and O–H groups in total. The Morgan fingerprint density at radius 3 is 2.15 bits per heavy atom. The van der Waals surface area contributed by atoms with Gasteiger partial charge in [0.1, 0.15) is 0 Å². The van der Waals surface area contributed by atoms with Gasteiger partial charge >= 0.3 is 0 Å². The molecule has 72 valence electrons. The van der Waals surface area contributed by atoms with Crippen LogP contribution < -0.4 is 0 Å². The standard InChI is InChI=1S/C12H17Br/c1-4-9-12(2,3)10-5-7-11(13)8-6-10/h5-8H,4,9H2,1-3H3. The van der Waals surface area contributed by atoms with Gasteiger partial charge in [-0.25, -0.2) is 0 Å². The van der Waals surface area contributed by atoms with Gasteiger partial charge in [0.05, 0.1) is 0 Å². The van der Waals surface area contributed by atoms with E-state index in [9.17, 15) is 0 Å². The first-order chi connectivity index (χ1) is 6.06. The molecule has 1 rings (SSSR count). The zero-order valence-corrected chi connectivity index (χ0v) is 10.2. The van der Waals surface area contributed by atoms with Gasteiger partial charge < -0.3 is 0 Å². The Bertz CT molecular complexity index is 259. The van der Waals surface area contributed by atoms with E-state index in [1.807, 2.05) is 0 Å².